The number of nitrogens with one attached hydrogen (secondary N) is 1. The number of carbonyl (C=O) groups is 2. The van der Waals surface area contributed by atoms with E-state index in [1.807, 2.05) is 13.8 Å². The Balaban J connectivity index is 1.34. The van der Waals surface area contributed by atoms with Crippen LogP contribution in [0, 0.1) is 25.2 Å². The van der Waals surface area contributed by atoms with Crippen LogP contribution >= 0.6 is 0 Å². The zero-order valence-corrected chi connectivity index (χ0v) is 19.8. The van der Waals surface area contributed by atoms with Crippen LogP contribution < -0.4 is 10.1 Å². The molecule has 2 aromatic rings. The Kier molecular flexibility index (Phi) is 7.53. The topological polar surface area (TPSA) is 103 Å². The second-order valence-electron chi connectivity index (χ2n) is 8.95. The average Bonchev–Trinajstić information content (AvgIpc) is 3.60. The Morgan fingerprint density at radius 2 is 1.88 bits per heavy atom. The molecule has 8 heteroatoms. The maximum Gasteiger partial charge on any atom is 0.338 e. The monoisotopic (exact) mass is 465 g/mol. The fourth-order valence-corrected chi connectivity index (χ4v) is 4.74. The number of nitrogens with zero attached hydrogens (tertiary/aromatic N) is 2. The van der Waals surface area contributed by atoms with Crippen molar-refractivity contribution in [1.29, 1.82) is 5.26 Å². The maximum atomic E-state index is 12.6. The van der Waals surface area contributed by atoms with Crippen molar-refractivity contribution in [2.75, 3.05) is 25.1 Å². The van der Waals surface area contributed by atoms with E-state index in [1.54, 1.807) is 24.3 Å². The predicted molar refractivity (Wildman–Crippen MR) is 126 cm³/mol. The molecule has 1 aromatic carbocycles. The highest BCUT2D eigenvalue weighted by atomic mass is 16.5. The first-order chi connectivity index (χ1) is 16.5. The molecule has 180 valence electrons. The van der Waals surface area contributed by atoms with Gasteiger partial charge in [0.25, 0.3) is 5.91 Å². The van der Waals surface area contributed by atoms with Crippen molar-refractivity contribution in [2.24, 2.45) is 0 Å². The quantitative estimate of drug-likeness (QED) is 0.578. The molecule has 34 heavy (non-hydrogen) atoms. The zero-order chi connectivity index (χ0) is 24.1. The normalized spacial score (nSPS) is 18.0. The molecule has 0 radical (unpaired) electrons. The van der Waals surface area contributed by atoms with E-state index in [2.05, 4.69) is 16.0 Å². The van der Waals surface area contributed by atoms with Crippen molar-refractivity contribution in [1.82, 2.24) is 4.57 Å². The minimum absolute atomic E-state index is 0.118. The number of hydrogen-bond donors (Lipinski definition) is 1. The standard InChI is InChI=1S/C26H31N3O5/c1-17-18(2)29(20-6-3-4-7-20)25(23(17)14-27)28-24(30)16-34-26(31)19-9-11-21(12-10-19)33-15-22-8-5-13-32-22/h9-12,20,22H,3-8,13,15-16H2,1-2H3,(H,28,30). The minimum atomic E-state index is -0.597. The Bertz CT molecular complexity index is 1070. The molecule has 1 aromatic heterocycles. The predicted octanol–water partition coefficient (Wildman–Crippen LogP) is 4.45. The molecular weight excluding hydrogens is 434 g/mol. The van der Waals surface area contributed by atoms with Gasteiger partial charge in [0.05, 0.1) is 17.2 Å². The summed E-state index contributed by atoms with van der Waals surface area (Å²) >= 11 is 0. The Hall–Kier alpha value is -3.31. The summed E-state index contributed by atoms with van der Waals surface area (Å²) in [6, 6.07) is 9.09. The highest BCUT2D eigenvalue weighted by molar-refractivity contribution is 5.96. The third-order valence-corrected chi connectivity index (χ3v) is 6.70. The molecule has 1 N–H and O–H groups in total. The number of hydrogen-bond acceptors (Lipinski definition) is 6. The molecule has 2 aliphatic rings. The first-order valence-corrected chi connectivity index (χ1v) is 11.9. The van der Waals surface area contributed by atoms with Crippen LogP contribution in [0.1, 0.15) is 71.7 Å². The molecule has 1 atom stereocenters. The number of aromatic nitrogens is 1. The lowest BCUT2D eigenvalue weighted by atomic mass is 10.2. The van der Waals surface area contributed by atoms with E-state index in [4.69, 9.17) is 14.2 Å². The summed E-state index contributed by atoms with van der Waals surface area (Å²) in [7, 11) is 0. The lowest BCUT2D eigenvalue weighted by Crippen LogP contribution is -2.24. The minimum Gasteiger partial charge on any atom is -0.491 e. The van der Waals surface area contributed by atoms with E-state index in [1.165, 1.54) is 0 Å². The van der Waals surface area contributed by atoms with Gasteiger partial charge in [-0.1, -0.05) is 12.8 Å². The fourth-order valence-electron chi connectivity index (χ4n) is 4.74. The number of carbonyl (C=O) groups excluding carboxylic acids is 2. The summed E-state index contributed by atoms with van der Waals surface area (Å²) in [5, 5.41) is 12.5. The number of anilines is 1. The SMILES string of the molecule is Cc1c(C#N)c(NC(=O)COC(=O)c2ccc(OCC3CCCO3)cc2)n(C2CCCC2)c1C. The first-order valence-electron chi connectivity index (χ1n) is 11.9. The highest BCUT2D eigenvalue weighted by Crippen LogP contribution is 2.37. The van der Waals surface area contributed by atoms with Gasteiger partial charge in [-0.05, 0) is 69.4 Å². The van der Waals surface area contributed by atoms with E-state index in [9.17, 15) is 14.9 Å². The van der Waals surface area contributed by atoms with Gasteiger partial charge in [-0.25, -0.2) is 4.79 Å². The van der Waals surface area contributed by atoms with Crippen LogP contribution in [-0.2, 0) is 14.3 Å². The molecule has 1 saturated heterocycles. The number of rotatable bonds is 8. The summed E-state index contributed by atoms with van der Waals surface area (Å²) in [6.45, 7) is 4.68. The van der Waals surface area contributed by atoms with Gasteiger partial charge in [-0.3, -0.25) is 4.79 Å². The molecule has 2 heterocycles. The van der Waals surface area contributed by atoms with Gasteiger partial charge in [0, 0.05) is 18.3 Å². The molecule has 0 bridgehead atoms. The summed E-state index contributed by atoms with van der Waals surface area (Å²) < 4.78 is 18.5. The van der Waals surface area contributed by atoms with Crippen molar-refractivity contribution in [3.05, 3.63) is 46.6 Å². The summed E-state index contributed by atoms with van der Waals surface area (Å²) in [4.78, 5) is 25.0. The van der Waals surface area contributed by atoms with Gasteiger partial charge in [-0.2, -0.15) is 5.26 Å². The van der Waals surface area contributed by atoms with Gasteiger partial charge in [0.1, 0.15) is 24.2 Å². The van der Waals surface area contributed by atoms with Crippen LogP contribution in [-0.4, -0.2) is 42.4 Å². The van der Waals surface area contributed by atoms with Crippen LogP contribution in [0.5, 0.6) is 5.75 Å². The molecular formula is C26H31N3O5. The van der Waals surface area contributed by atoms with Crippen molar-refractivity contribution >= 4 is 17.7 Å². The zero-order valence-electron chi connectivity index (χ0n) is 19.8. The molecule has 1 amide bonds. The number of nitriles is 1. The molecule has 1 aliphatic heterocycles. The second-order valence-corrected chi connectivity index (χ2v) is 8.95. The molecule has 0 spiro atoms. The van der Waals surface area contributed by atoms with E-state index in [0.29, 0.717) is 29.3 Å². The Morgan fingerprint density at radius 1 is 1.15 bits per heavy atom. The number of ether oxygens (including phenoxy) is 3. The van der Waals surface area contributed by atoms with Gasteiger partial charge in [0.15, 0.2) is 6.61 Å². The smallest absolute Gasteiger partial charge is 0.338 e. The van der Waals surface area contributed by atoms with Crippen molar-refractivity contribution < 1.29 is 23.8 Å². The van der Waals surface area contributed by atoms with Crippen molar-refractivity contribution in [3.8, 4) is 11.8 Å². The summed E-state index contributed by atoms with van der Waals surface area (Å²) in [5.41, 5.74) is 2.64. The number of benzene rings is 1. The van der Waals surface area contributed by atoms with Crippen LogP contribution in [0.25, 0.3) is 0 Å². The first kappa shape index (κ1) is 23.8. The van der Waals surface area contributed by atoms with Gasteiger partial charge < -0.3 is 24.1 Å². The fraction of sp³-hybridized carbons (Fsp3) is 0.500. The maximum absolute atomic E-state index is 12.6. The van der Waals surface area contributed by atoms with E-state index in [-0.39, 0.29) is 12.1 Å². The second kappa shape index (κ2) is 10.7. The Labute approximate surface area is 199 Å². The van der Waals surface area contributed by atoms with Crippen LogP contribution in [0.4, 0.5) is 5.82 Å². The number of esters is 1. The van der Waals surface area contributed by atoms with Gasteiger partial charge in [0.2, 0.25) is 0 Å². The highest BCUT2D eigenvalue weighted by Gasteiger charge is 2.27. The van der Waals surface area contributed by atoms with Crippen LogP contribution in [0.2, 0.25) is 0 Å². The largest absolute Gasteiger partial charge is 0.491 e. The molecule has 1 aliphatic carbocycles. The molecule has 1 unspecified atom stereocenters. The van der Waals surface area contributed by atoms with E-state index < -0.39 is 18.5 Å². The summed E-state index contributed by atoms with van der Waals surface area (Å²) in [5.74, 6) is 0.0726. The van der Waals surface area contributed by atoms with Crippen LogP contribution in [0.3, 0.4) is 0 Å². The molecule has 2 fully saturated rings. The molecule has 1 saturated carbocycles. The van der Waals surface area contributed by atoms with Crippen molar-refractivity contribution in [3.63, 3.8) is 0 Å². The summed E-state index contributed by atoms with van der Waals surface area (Å²) in [6.07, 6.45) is 6.46. The molecule has 8 nitrogen and oxygen atoms in total. The lowest BCUT2D eigenvalue weighted by Gasteiger charge is -2.19. The average molecular weight is 466 g/mol. The van der Waals surface area contributed by atoms with Gasteiger partial charge in [-0.15, -0.1) is 0 Å². The number of amides is 1. The Morgan fingerprint density at radius 3 is 2.53 bits per heavy atom. The van der Waals surface area contributed by atoms with E-state index >= 15 is 0 Å². The lowest BCUT2D eigenvalue weighted by molar-refractivity contribution is -0.119. The third-order valence-electron chi connectivity index (χ3n) is 6.70. The third kappa shape index (κ3) is 5.26. The van der Waals surface area contributed by atoms with Crippen molar-refractivity contribution in [2.45, 2.75) is 64.5 Å². The molecule has 4 rings (SSSR count). The van der Waals surface area contributed by atoms with Crippen LogP contribution in [0.15, 0.2) is 24.3 Å². The van der Waals surface area contributed by atoms with Gasteiger partial charge >= 0.3 is 5.97 Å². The van der Waals surface area contributed by atoms with E-state index in [0.717, 1.165) is 56.4 Å².